The van der Waals surface area contributed by atoms with E-state index in [0.29, 0.717) is 18.7 Å². The first kappa shape index (κ1) is 16.0. The predicted octanol–water partition coefficient (Wildman–Crippen LogP) is 1.29. The maximum atomic E-state index is 13.0. The maximum absolute atomic E-state index is 13.0. The van der Waals surface area contributed by atoms with Gasteiger partial charge >= 0.3 is 5.69 Å². The minimum Gasteiger partial charge on any atom is -0.335 e. The van der Waals surface area contributed by atoms with Crippen LogP contribution in [-0.4, -0.2) is 44.4 Å². The number of nitrogens with zero attached hydrogens (tertiary/aromatic N) is 4. The van der Waals surface area contributed by atoms with E-state index < -0.39 is 12.2 Å². The van der Waals surface area contributed by atoms with Gasteiger partial charge in [-0.1, -0.05) is 12.1 Å². The molecule has 6 nitrogen and oxygen atoms in total. The van der Waals surface area contributed by atoms with Crippen molar-refractivity contribution >= 4 is 5.91 Å². The molecule has 3 heterocycles. The van der Waals surface area contributed by atoms with E-state index in [1.54, 1.807) is 12.1 Å². The van der Waals surface area contributed by atoms with E-state index in [0.717, 1.165) is 12.0 Å². The highest BCUT2D eigenvalue weighted by Gasteiger charge is 2.38. The fourth-order valence-electron chi connectivity index (χ4n) is 3.45. The van der Waals surface area contributed by atoms with Crippen LogP contribution in [0, 0.1) is 5.82 Å². The Balaban J connectivity index is 1.61. The van der Waals surface area contributed by atoms with E-state index in [4.69, 9.17) is 0 Å². The molecule has 2 aliphatic rings. The third-order valence-electron chi connectivity index (χ3n) is 4.81. The van der Waals surface area contributed by atoms with Gasteiger partial charge in [0.15, 0.2) is 0 Å². The molecule has 1 saturated heterocycles. The highest BCUT2D eigenvalue weighted by Crippen LogP contribution is 2.26. The number of likely N-dealkylation sites (tertiary alicyclic amines) is 1. The number of rotatable bonds is 3. The van der Waals surface area contributed by atoms with Gasteiger partial charge in [-0.15, -0.1) is 0 Å². The molecule has 8 heteroatoms. The Morgan fingerprint density at radius 1 is 1.24 bits per heavy atom. The molecule has 1 aromatic heterocycles. The normalized spacial score (nSPS) is 20.2. The third-order valence-corrected chi connectivity index (χ3v) is 4.81. The van der Waals surface area contributed by atoms with E-state index in [-0.39, 0.29) is 37.0 Å². The number of carbonyl (C=O) groups is 1. The Labute approximate surface area is 142 Å². The lowest BCUT2D eigenvalue weighted by atomic mass is 10.0. The molecule has 2 aromatic rings. The monoisotopic (exact) mass is 348 g/mol. The van der Waals surface area contributed by atoms with Gasteiger partial charge in [0.25, 0.3) is 0 Å². The lowest BCUT2D eigenvalue weighted by Crippen LogP contribution is -2.54. The van der Waals surface area contributed by atoms with Gasteiger partial charge in [-0.2, -0.15) is 5.10 Å². The van der Waals surface area contributed by atoms with Gasteiger partial charge in [0.05, 0.1) is 19.6 Å². The molecule has 1 amide bonds. The summed E-state index contributed by atoms with van der Waals surface area (Å²) in [5, 5.41) is 4.35. The summed E-state index contributed by atoms with van der Waals surface area (Å²) in [4.78, 5) is 26.8. The van der Waals surface area contributed by atoms with Crippen LogP contribution in [0.25, 0.3) is 0 Å². The molecule has 0 unspecified atom stereocenters. The van der Waals surface area contributed by atoms with Gasteiger partial charge in [-0.05, 0) is 30.5 Å². The Hall–Kier alpha value is -2.51. The molecule has 0 saturated carbocycles. The molecule has 1 atom stereocenters. The van der Waals surface area contributed by atoms with Gasteiger partial charge in [0, 0.05) is 6.42 Å². The number of carbonyl (C=O) groups excluding carboxylic acids is 1. The third kappa shape index (κ3) is 2.85. The van der Waals surface area contributed by atoms with E-state index in [2.05, 4.69) is 5.10 Å². The summed E-state index contributed by atoms with van der Waals surface area (Å²) >= 11 is 0. The quantitative estimate of drug-likeness (QED) is 0.840. The van der Waals surface area contributed by atoms with Crippen LogP contribution < -0.4 is 5.69 Å². The Morgan fingerprint density at radius 2 is 1.96 bits per heavy atom. The number of aryl methyl sites for hydroxylation is 1. The number of halogens is 2. The highest BCUT2D eigenvalue weighted by molar-refractivity contribution is 5.81. The number of aromatic nitrogens is 3. The first-order valence-electron chi connectivity index (χ1n) is 8.38. The Morgan fingerprint density at radius 3 is 2.64 bits per heavy atom. The smallest absolute Gasteiger partial charge is 0.335 e. The maximum Gasteiger partial charge on any atom is 0.346 e. The number of hydrogen-bond acceptors (Lipinski definition) is 3. The fourth-order valence-corrected chi connectivity index (χ4v) is 3.45. The van der Waals surface area contributed by atoms with E-state index in [9.17, 15) is 18.4 Å². The molecule has 25 heavy (non-hydrogen) atoms. The summed E-state index contributed by atoms with van der Waals surface area (Å²) < 4.78 is 28.8. The number of benzene rings is 1. The average molecular weight is 348 g/mol. The molecular formula is C17H18F2N4O2. The molecule has 2 aliphatic heterocycles. The van der Waals surface area contributed by atoms with Gasteiger partial charge in [-0.3, -0.25) is 9.36 Å². The molecule has 4 rings (SSSR count). The zero-order chi connectivity index (χ0) is 17.6. The van der Waals surface area contributed by atoms with E-state index in [1.165, 1.54) is 26.3 Å². The molecule has 1 aromatic carbocycles. The average Bonchev–Trinajstić information content (AvgIpc) is 2.89. The van der Waals surface area contributed by atoms with Crippen LogP contribution in [0.3, 0.4) is 0 Å². The summed E-state index contributed by atoms with van der Waals surface area (Å²) in [6, 6.07) is 5.26. The standard InChI is InChI=1S/C17H18F2N4O2/c18-12-6-4-11(5-7-12)8-22-17(25)23-14(2-1-3-15(23)20-22)16(24)21-9-13(19)10-21/h4-7,13-14H,1-3,8-10H2/t14-/m0/s1. The fraction of sp³-hybridized carbons (Fsp3) is 0.471. The lowest BCUT2D eigenvalue weighted by molar-refractivity contribution is -0.142. The Kier molecular flexibility index (Phi) is 3.89. The van der Waals surface area contributed by atoms with Crippen LogP contribution in [-0.2, 0) is 17.8 Å². The first-order valence-corrected chi connectivity index (χ1v) is 8.38. The van der Waals surface area contributed by atoms with Crippen molar-refractivity contribution in [1.82, 2.24) is 19.2 Å². The summed E-state index contributed by atoms with van der Waals surface area (Å²) in [7, 11) is 0. The molecule has 0 bridgehead atoms. The summed E-state index contributed by atoms with van der Waals surface area (Å²) in [5.41, 5.74) is 0.402. The van der Waals surface area contributed by atoms with Crippen LogP contribution in [0.1, 0.15) is 30.3 Å². The molecule has 0 spiro atoms. The van der Waals surface area contributed by atoms with Crippen molar-refractivity contribution in [2.75, 3.05) is 13.1 Å². The number of fused-ring (bicyclic) bond motifs is 1. The molecule has 0 N–H and O–H groups in total. The highest BCUT2D eigenvalue weighted by atomic mass is 19.1. The van der Waals surface area contributed by atoms with Crippen molar-refractivity contribution in [2.45, 2.75) is 38.0 Å². The van der Waals surface area contributed by atoms with Crippen molar-refractivity contribution in [3.05, 3.63) is 52.0 Å². The zero-order valence-corrected chi connectivity index (χ0v) is 13.6. The van der Waals surface area contributed by atoms with Crippen LogP contribution in [0.15, 0.2) is 29.1 Å². The SMILES string of the molecule is O=C([C@@H]1CCCc2nn(Cc3ccc(F)cc3)c(=O)n21)N1CC(F)C1. The second-order valence-electron chi connectivity index (χ2n) is 6.60. The van der Waals surface area contributed by atoms with Crippen molar-refractivity contribution in [3.63, 3.8) is 0 Å². The van der Waals surface area contributed by atoms with Crippen LogP contribution in [0.5, 0.6) is 0 Å². The van der Waals surface area contributed by atoms with Crippen molar-refractivity contribution in [3.8, 4) is 0 Å². The van der Waals surface area contributed by atoms with E-state index >= 15 is 0 Å². The van der Waals surface area contributed by atoms with Gasteiger partial charge < -0.3 is 4.90 Å². The Bertz CT molecular complexity index is 853. The topological polar surface area (TPSA) is 60.1 Å². The molecular weight excluding hydrogens is 330 g/mol. The number of hydrogen-bond donors (Lipinski definition) is 0. The van der Waals surface area contributed by atoms with Crippen molar-refractivity contribution < 1.29 is 13.6 Å². The van der Waals surface area contributed by atoms with Crippen molar-refractivity contribution in [1.29, 1.82) is 0 Å². The summed E-state index contributed by atoms with van der Waals surface area (Å²) in [5.74, 6) is 0.0268. The summed E-state index contributed by atoms with van der Waals surface area (Å²) in [6.45, 7) is 0.419. The van der Waals surface area contributed by atoms with Gasteiger partial charge in [0.2, 0.25) is 5.91 Å². The first-order chi connectivity index (χ1) is 12.0. The van der Waals surface area contributed by atoms with Gasteiger partial charge in [0.1, 0.15) is 23.9 Å². The number of alkyl halides is 1. The van der Waals surface area contributed by atoms with Crippen molar-refractivity contribution in [2.24, 2.45) is 0 Å². The largest absolute Gasteiger partial charge is 0.346 e. The molecule has 0 radical (unpaired) electrons. The second-order valence-corrected chi connectivity index (χ2v) is 6.60. The van der Waals surface area contributed by atoms with Gasteiger partial charge in [-0.25, -0.2) is 18.3 Å². The predicted molar refractivity (Wildman–Crippen MR) is 85.4 cm³/mol. The molecule has 0 aliphatic carbocycles. The lowest BCUT2D eigenvalue weighted by Gasteiger charge is -2.37. The van der Waals surface area contributed by atoms with Crippen LogP contribution in [0.2, 0.25) is 0 Å². The van der Waals surface area contributed by atoms with Crippen LogP contribution >= 0.6 is 0 Å². The van der Waals surface area contributed by atoms with E-state index in [1.807, 2.05) is 0 Å². The summed E-state index contributed by atoms with van der Waals surface area (Å²) in [6.07, 6.45) is 0.976. The minimum absolute atomic E-state index is 0.100. The minimum atomic E-state index is -0.968. The molecule has 132 valence electrons. The zero-order valence-electron chi connectivity index (χ0n) is 13.6. The second kappa shape index (κ2) is 6.09. The number of amides is 1. The van der Waals surface area contributed by atoms with Crippen LogP contribution in [0.4, 0.5) is 8.78 Å². The molecule has 1 fully saturated rings.